The van der Waals surface area contributed by atoms with Gasteiger partial charge < -0.3 is 5.32 Å². The molecule has 2 rings (SSSR count). The van der Waals surface area contributed by atoms with E-state index in [1.165, 1.54) is 16.4 Å². The fourth-order valence-corrected chi connectivity index (χ4v) is 4.29. The summed E-state index contributed by atoms with van der Waals surface area (Å²) in [6.07, 6.45) is 0.940. The Kier molecular flexibility index (Phi) is 6.55. The highest BCUT2D eigenvalue weighted by atomic mass is 32.2. The number of hydrogen-bond acceptors (Lipinski definition) is 4. The maximum absolute atomic E-state index is 12.5. The van der Waals surface area contributed by atoms with Crippen LogP contribution in [-0.2, 0) is 21.2 Å². The van der Waals surface area contributed by atoms with Gasteiger partial charge in [-0.1, -0.05) is 13.8 Å². The summed E-state index contributed by atoms with van der Waals surface area (Å²) in [5.74, 6) is -0.121. The number of rotatable bonds is 8. The normalized spacial score (nSPS) is 11.7. The van der Waals surface area contributed by atoms with Gasteiger partial charge in [0.2, 0.25) is 15.9 Å². The van der Waals surface area contributed by atoms with Crippen LogP contribution in [0.4, 0.5) is 5.69 Å². The third-order valence-corrected chi connectivity index (χ3v) is 6.43. The summed E-state index contributed by atoms with van der Waals surface area (Å²) >= 11 is 0. The van der Waals surface area contributed by atoms with Gasteiger partial charge in [-0.25, -0.2) is 8.42 Å². The highest BCUT2D eigenvalue weighted by Gasteiger charge is 2.21. The molecule has 0 saturated heterocycles. The standard InChI is InChI=1S/C18H26N4O3S/c1-5-22(6-2)26(24,25)16-9-7-15(8-10-16)19-18(23)12-11-17-13(3)20-21-14(17)4/h7-10H,5-6,11-12H2,1-4H3,(H,19,23)(H,20,21). The molecular formula is C18H26N4O3S. The molecule has 0 aliphatic carbocycles. The number of aryl methyl sites for hydroxylation is 2. The molecule has 26 heavy (non-hydrogen) atoms. The molecule has 7 nitrogen and oxygen atoms in total. The quantitative estimate of drug-likeness (QED) is 0.738. The molecule has 1 amide bonds. The van der Waals surface area contributed by atoms with Crippen LogP contribution in [0.3, 0.4) is 0 Å². The highest BCUT2D eigenvalue weighted by Crippen LogP contribution is 2.19. The van der Waals surface area contributed by atoms with Gasteiger partial charge in [0.05, 0.1) is 10.6 Å². The molecule has 0 bridgehead atoms. The first kappa shape index (κ1) is 20.1. The van der Waals surface area contributed by atoms with Crippen LogP contribution in [-0.4, -0.2) is 41.9 Å². The van der Waals surface area contributed by atoms with Crippen LogP contribution in [0.2, 0.25) is 0 Å². The first-order chi connectivity index (χ1) is 12.3. The molecule has 0 unspecified atom stereocenters. The van der Waals surface area contributed by atoms with Crippen molar-refractivity contribution in [2.45, 2.75) is 45.4 Å². The van der Waals surface area contributed by atoms with Crippen molar-refractivity contribution in [1.82, 2.24) is 14.5 Å². The number of aromatic nitrogens is 2. The van der Waals surface area contributed by atoms with Crippen molar-refractivity contribution in [3.8, 4) is 0 Å². The molecule has 142 valence electrons. The number of carbonyl (C=O) groups excluding carboxylic acids is 1. The molecule has 8 heteroatoms. The highest BCUT2D eigenvalue weighted by molar-refractivity contribution is 7.89. The number of hydrogen-bond donors (Lipinski definition) is 2. The molecule has 0 spiro atoms. The molecule has 1 aromatic carbocycles. The SMILES string of the molecule is CCN(CC)S(=O)(=O)c1ccc(NC(=O)CCc2c(C)n[nH]c2C)cc1. The van der Waals surface area contributed by atoms with E-state index >= 15 is 0 Å². The van der Waals surface area contributed by atoms with E-state index in [1.54, 1.807) is 26.0 Å². The summed E-state index contributed by atoms with van der Waals surface area (Å²) in [5, 5.41) is 9.83. The van der Waals surface area contributed by atoms with E-state index in [0.29, 0.717) is 31.6 Å². The average Bonchev–Trinajstić information content (AvgIpc) is 2.92. The summed E-state index contributed by atoms with van der Waals surface area (Å²) in [6.45, 7) is 8.29. The van der Waals surface area contributed by atoms with Crippen molar-refractivity contribution in [2.75, 3.05) is 18.4 Å². The Balaban J connectivity index is 1.99. The molecule has 0 atom stereocenters. The van der Waals surface area contributed by atoms with Gasteiger partial charge in [0.15, 0.2) is 0 Å². The van der Waals surface area contributed by atoms with Crippen LogP contribution in [0.5, 0.6) is 0 Å². The average molecular weight is 378 g/mol. The topological polar surface area (TPSA) is 95.2 Å². The smallest absolute Gasteiger partial charge is 0.243 e. The van der Waals surface area contributed by atoms with Crippen LogP contribution >= 0.6 is 0 Å². The lowest BCUT2D eigenvalue weighted by molar-refractivity contribution is -0.116. The summed E-state index contributed by atoms with van der Waals surface area (Å²) in [4.78, 5) is 12.4. The van der Waals surface area contributed by atoms with Crippen molar-refractivity contribution in [3.63, 3.8) is 0 Å². The second-order valence-electron chi connectivity index (χ2n) is 6.07. The summed E-state index contributed by atoms with van der Waals surface area (Å²) in [7, 11) is -3.49. The molecule has 0 aliphatic rings. The fourth-order valence-electron chi connectivity index (χ4n) is 2.83. The number of H-pyrrole nitrogens is 1. The number of amides is 1. The van der Waals surface area contributed by atoms with E-state index < -0.39 is 10.0 Å². The van der Waals surface area contributed by atoms with E-state index in [1.807, 2.05) is 13.8 Å². The van der Waals surface area contributed by atoms with E-state index in [2.05, 4.69) is 15.5 Å². The van der Waals surface area contributed by atoms with Crippen molar-refractivity contribution in [2.24, 2.45) is 0 Å². The zero-order chi connectivity index (χ0) is 19.3. The lowest BCUT2D eigenvalue weighted by Crippen LogP contribution is -2.30. The first-order valence-electron chi connectivity index (χ1n) is 8.70. The second-order valence-corrected chi connectivity index (χ2v) is 8.01. The van der Waals surface area contributed by atoms with E-state index in [0.717, 1.165) is 17.0 Å². The van der Waals surface area contributed by atoms with Crippen molar-refractivity contribution in [1.29, 1.82) is 0 Å². The Labute approximate surface area is 154 Å². The molecule has 2 aromatic rings. The van der Waals surface area contributed by atoms with Crippen molar-refractivity contribution < 1.29 is 13.2 Å². The maximum Gasteiger partial charge on any atom is 0.243 e. The van der Waals surface area contributed by atoms with Gasteiger partial charge in [0.25, 0.3) is 0 Å². The van der Waals surface area contributed by atoms with Gasteiger partial charge in [-0.3, -0.25) is 9.89 Å². The fraction of sp³-hybridized carbons (Fsp3) is 0.444. The number of aromatic amines is 1. The molecule has 1 aromatic heterocycles. The third kappa shape index (κ3) is 4.50. The van der Waals surface area contributed by atoms with Gasteiger partial charge in [0.1, 0.15) is 0 Å². The van der Waals surface area contributed by atoms with Crippen LogP contribution in [0.15, 0.2) is 29.2 Å². The molecule has 0 aliphatic heterocycles. The number of nitrogens with one attached hydrogen (secondary N) is 2. The molecule has 0 saturated carbocycles. The number of carbonyl (C=O) groups is 1. The Morgan fingerprint density at radius 1 is 1.15 bits per heavy atom. The lowest BCUT2D eigenvalue weighted by Gasteiger charge is -2.18. The van der Waals surface area contributed by atoms with Crippen LogP contribution in [0.25, 0.3) is 0 Å². The molecular weight excluding hydrogens is 352 g/mol. The Morgan fingerprint density at radius 3 is 2.27 bits per heavy atom. The number of sulfonamides is 1. The molecule has 0 fully saturated rings. The minimum atomic E-state index is -3.49. The Bertz CT molecular complexity index is 834. The number of benzene rings is 1. The van der Waals surface area contributed by atoms with Crippen molar-refractivity contribution in [3.05, 3.63) is 41.2 Å². The Hall–Kier alpha value is -2.19. The summed E-state index contributed by atoms with van der Waals surface area (Å²) in [5.41, 5.74) is 3.51. The Morgan fingerprint density at radius 2 is 1.77 bits per heavy atom. The predicted octanol–water partition coefficient (Wildman–Crippen LogP) is 2.63. The van der Waals surface area contributed by atoms with Gasteiger partial charge in [-0.2, -0.15) is 9.40 Å². The first-order valence-corrected chi connectivity index (χ1v) is 10.1. The number of anilines is 1. The zero-order valence-electron chi connectivity index (χ0n) is 15.7. The molecule has 1 heterocycles. The largest absolute Gasteiger partial charge is 0.326 e. The van der Waals surface area contributed by atoms with Crippen molar-refractivity contribution >= 4 is 21.6 Å². The summed E-state index contributed by atoms with van der Waals surface area (Å²) in [6, 6.07) is 6.27. The lowest BCUT2D eigenvalue weighted by atomic mass is 10.1. The minimum absolute atomic E-state index is 0.121. The molecule has 2 N–H and O–H groups in total. The van der Waals surface area contributed by atoms with E-state index in [9.17, 15) is 13.2 Å². The number of nitrogens with zero attached hydrogens (tertiary/aromatic N) is 2. The van der Waals surface area contributed by atoms with E-state index in [4.69, 9.17) is 0 Å². The van der Waals surface area contributed by atoms with Gasteiger partial charge in [-0.15, -0.1) is 0 Å². The molecule has 0 radical (unpaired) electrons. The monoisotopic (exact) mass is 378 g/mol. The zero-order valence-corrected chi connectivity index (χ0v) is 16.5. The van der Waals surface area contributed by atoms with Gasteiger partial charge in [0, 0.05) is 30.9 Å². The van der Waals surface area contributed by atoms with Crippen LogP contribution in [0, 0.1) is 13.8 Å². The van der Waals surface area contributed by atoms with Gasteiger partial charge >= 0.3 is 0 Å². The van der Waals surface area contributed by atoms with E-state index in [-0.39, 0.29) is 10.8 Å². The summed E-state index contributed by atoms with van der Waals surface area (Å²) < 4.78 is 26.3. The van der Waals surface area contributed by atoms with Crippen LogP contribution in [0.1, 0.15) is 37.2 Å². The third-order valence-electron chi connectivity index (χ3n) is 4.36. The van der Waals surface area contributed by atoms with Gasteiger partial charge in [-0.05, 0) is 50.1 Å². The van der Waals surface area contributed by atoms with Crippen LogP contribution < -0.4 is 5.32 Å². The minimum Gasteiger partial charge on any atom is -0.326 e. The maximum atomic E-state index is 12.5. The predicted molar refractivity (Wildman–Crippen MR) is 102 cm³/mol. The second kappa shape index (κ2) is 8.46.